The summed E-state index contributed by atoms with van der Waals surface area (Å²) in [4.78, 5) is 11.2. The fraction of sp³-hybridized carbons (Fsp3) is 0.462. The molecule has 3 nitrogen and oxygen atoms in total. The van der Waals surface area contributed by atoms with Crippen molar-refractivity contribution in [3.63, 3.8) is 0 Å². The van der Waals surface area contributed by atoms with Crippen LogP contribution in [-0.4, -0.2) is 29.5 Å². The van der Waals surface area contributed by atoms with Crippen LogP contribution in [0.1, 0.15) is 19.4 Å². The molecular weight excluding hydrogens is 242 g/mol. The molecule has 0 saturated heterocycles. The molecule has 0 saturated carbocycles. The molecule has 0 radical (unpaired) electrons. The molecule has 0 amide bonds. The van der Waals surface area contributed by atoms with Crippen molar-refractivity contribution in [1.82, 2.24) is 0 Å². The lowest BCUT2D eigenvalue weighted by molar-refractivity contribution is -0.159. The van der Waals surface area contributed by atoms with Gasteiger partial charge in [0.2, 0.25) is 6.17 Å². The third-order valence-corrected chi connectivity index (χ3v) is 2.49. The zero-order valence-corrected chi connectivity index (χ0v) is 10.3. The number of hydrogen-bond acceptors (Lipinski definition) is 3. The predicted octanol–water partition coefficient (Wildman–Crippen LogP) is 2.02. The highest BCUT2D eigenvalue weighted by molar-refractivity contribution is 5.76. The first kappa shape index (κ1) is 14.6. The van der Waals surface area contributed by atoms with E-state index in [1.165, 1.54) is 25.1 Å². The molecule has 0 fully saturated rings. The summed E-state index contributed by atoms with van der Waals surface area (Å²) < 4.78 is 31.2. The summed E-state index contributed by atoms with van der Waals surface area (Å²) in [5.41, 5.74) is -1.52. The Morgan fingerprint density at radius 3 is 2.78 bits per heavy atom. The average molecular weight is 258 g/mol. The van der Waals surface area contributed by atoms with Crippen molar-refractivity contribution in [1.29, 1.82) is 0 Å². The average Bonchev–Trinajstić information content (AvgIpc) is 2.27. The van der Waals surface area contributed by atoms with Crippen LogP contribution in [0.5, 0.6) is 0 Å². The summed E-state index contributed by atoms with van der Waals surface area (Å²) in [7, 11) is 0. The van der Waals surface area contributed by atoms with Crippen molar-refractivity contribution in [2.75, 3.05) is 6.61 Å². The molecule has 1 rings (SSSR count). The van der Waals surface area contributed by atoms with Gasteiger partial charge < -0.3 is 9.84 Å². The monoisotopic (exact) mass is 258 g/mol. The molecule has 0 aliphatic heterocycles. The van der Waals surface area contributed by atoms with Crippen LogP contribution in [0.3, 0.4) is 0 Å². The van der Waals surface area contributed by atoms with Crippen molar-refractivity contribution in [3.05, 3.63) is 35.6 Å². The predicted molar refractivity (Wildman–Crippen MR) is 62.3 cm³/mol. The summed E-state index contributed by atoms with van der Waals surface area (Å²) in [5.74, 6) is -1.59. The number of rotatable bonds is 5. The number of alkyl halides is 1. The molecule has 100 valence electrons. The van der Waals surface area contributed by atoms with Crippen LogP contribution in [0, 0.1) is 5.82 Å². The van der Waals surface area contributed by atoms with E-state index in [0.717, 1.165) is 0 Å². The summed E-state index contributed by atoms with van der Waals surface area (Å²) in [6, 6.07) is 5.44. The van der Waals surface area contributed by atoms with E-state index >= 15 is 0 Å². The van der Waals surface area contributed by atoms with E-state index in [1.54, 1.807) is 13.0 Å². The van der Waals surface area contributed by atoms with Gasteiger partial charge in [-0.2, -0.15) is 0 Å². The molecule has 0 spiro atoms. The number of ether oxygens (including phenoxy) is 1. The van der Waals surface area contributed by atoms with Crippen LogP contribution >= 0.6 is 0 Å². The van der Waals surface area contributed by atoms with Gasteiger partial charge in [-0.3, -0.25) is 0 Å². The van der Waals surface area contributed by atoms with E-state index in [4.69, 9.17) is 0 Å². The van der Waals surface area contributed by atoms with Crippen LogP contribution in [0.25, 0.3) is 0 Å². The fourth-order valence-electron chi connectivity index (χ4n) is 1.62. The van der Waals surface area contributed by atoms with Gasteiger partial charge in [-0.05, 0) is 31.5 Å². The highest BCUT2D eigenvalue weighted by Crippen LogP contribution is 2.21. The minimum atomic E-state index is -2.17. The third-order valence-electron chi connectivity index (χ3n) is 2.49. The number of esters is 1. The van der Waals surface area contributed by atoms with Gasteiger partial charge in [0.25, 0.3) is 0 Å². The number of benzene rings is 1. The van der Waals surface area contributed by atoms with E-state index in [9.17, 15) is 18.7 Å². The van der Waals surface area contributed by atoms with Crippen molar-refractivity contribution >= 4 is 5.97 Å². The van der Waals surface area contributed by atoms with Gasteiger partial charge >= 0.3 is 5.97 Å². The van der Waals surface area contributed by atoms with Crippen molar-refractivity contribution in [2.45, 2.75) is 32.0 Å². The lowest BCUT2D eigenvalue weighted by Gasteiger charge is -2.25. The van der Waals surface area contributed by atoms with Crippen LogP contribution < -0.4 is 0 Å². The minimum Gasteiger partial charge on any atom is -0.464 e. The summed E-state index contributed by atoms with van der Waals surface area (Å²) >= 11 is 0. The quantitative estimate of drug-likeness (QED) is 0.822. The molecular formula is C13H16F2O3. The van der Waals surface area contributed by atoms with Gasteiger partial charge in [-0.1, -0.05) is 12.1 Å². The van der Waals surface area contributed by atoms with Gasteiger partial charge in [0.1, 0.15) is 11.4 Å². The Bertz CT molecular complexity index is 418. The molecule has 0 aliphatic rings. The van der Waals surface area contributed by atoms with Gasteiger partial charge in [0.05, 0.1) is 6.61 Å². The molecule has 0 aliphatic carbocycles. The number of halogens is 2. The second kappa shape index (κ2) is 5.91. The Balaban J connectivity index is 2.77. The molecule has 2 atom stereocenters. The zero-order valence-electron chi connectivity index (χ0n) is 10.3. The molecule has 1 aromatic carbocycles. The largest absolute Gasteiger partial charge is 0.464 e. The normalized spacial score (nSPS) is 15.8. The molecule has 1 aromatic rings. The van der Waals surface area contributed by atoms with Crippen LogP contribution in [-0.2, 0) is 16.0 Å². The lowest BCUT2D eigenvalue weighted by Crippen LogP contribution is -2.44. The summed E-state index contributed by atoms with van der Waals surface area (Å²) in [6.07, 6.45) is -2.34. The maximum atomic E-state index is 13.7. The Morgan fingerprint density at radius 2 is 2.22 bits per heavy atom. The first-order valence-electron chi connectivity index (χ1n) is 5.64. The highest BCUT2D eigenvalue weighted by atomic mass is 19.1. The molecule has 1 N–H and O–H groups in total. The van der Waals surface area contributed by atoms with Gasteiger partial charge in [0, 0.05) is 6.42 Å². The number of carbonyl (C=O) groups excluding carboxylic acids is 1. The van der Waals surface area contributed by atoms with Gasteiger partial charge in [0.15, 0.2) is 0 Å². The van der Waals surface area contributed by atoms with Crippen LogP contribution in [0.2, 0.25) is 0 Å². The third kappa shape index (κ3) is 3.77. The standard InChI is InChI=1S/C13H16F2O3/c1-3-18-12(16)11(15)13(2,17)8-9-5-4-6-10(14)7-9/h4-7,11,17H,3,8H2,1-2H3. The maximum absolute atomic E-state index is 13.7. The van der Waals surface area contributed by atoms with E-state index in [1.807, 2.05) is 0 Å². The molecule has 5 heteroatoms. The first-order valence-corrected chi connectivity index (χ1v) is 5.64. The number of aliphatic hydroxyl groups is 1. The Hall–Kier alpha value is -1.49. The highest BCUT2D eigenvalue weighted by Gasteiger charge is 2.39. The van der Waals surface area contributed by atoms with E-state index in [2.05, 4.69) is 4.74 Å². The molecule has 2 unspecified atom stereocenters. The molecule has 0 heterocycles. The van der Waals surface area contributed by atoms with Gasteiger partial charge in [-0.15, -0.1) is 0 Å². The summed E-state index contributed by atoms with van der Waals surface area (Å²) in [5, 5.41) is 9.93. The van der Waals surface area contributed by atoms with E-state index < -0.39 is 23.6 Å². The van der Waals surface area contributed by atoms with Crippen molar-refractivity contribution < 1.29 is 23.4 Å². The number of hydrogen-bond donors (Lipinski definition) is 1. The lowest BCUT2D eigenvalue weighted by atomic mass is 9.92. The Morgan fingerprint density at radius 1 is 1.56 bits per heavy atom. The van der Waals surface area contributed by atoms with Crippen LogP contribution in [0.4, 0.5) is 8.78 Å². The second-order valence-electron chi connectivity index (χ2n) is 4.28. The Kier molecular flexibility index (Phi) is 4.78. The molecule has 18 heavy (non-hydrogen) atoms. The van der Waals surface area contributed by atoms with E-state index in [-0.39, 0.29) is 13.0 Å². The van der Waals surface area contributed by atoms with E-state index in [0.29, 0.717) is 5.56 Å². The summed E-state index contributed by atoms with van der Waals surface area (Å²) in [6.45, 7) is 2.76. The Labute approximate surface area is 104 Å². The maximum Gasteiger partial charge on any atom is 0.343 e. The SMILES string of the molecule is CCOC(=O)C(F)C(C)(O)Cc1cccc(F)c1. The van der Waals surface area contributed by atoms with Crippen molar-refractivity contribution in [2.24, 2.45) is 0 Å². The minimum absolute atomic E-state index is 0.0370. The van der Waals surface area contributed by atoms with Crippen molar-refractivity contribution in [3.8, 4) is 0 Å². The first-order chi connectivity index (χ1) is 8.36. The smallest absolute Gasteiger partial charge is 0.343 e. The molecule has 0 aromatic heterocycles. The molecule has 0 bridgehead atoms. The number of carbonyl (C=O) groups is 1. The van der Waals surface area contributed by atoms with Crippen LogP contribution in [0.15, 0.2) is 24.3 Å². The van der Waals surface area contributed by atoms with Gasteiger partial charge in [-0.25, -0.2) is 13.6 Å². The second-order valence-corrected chi connectivity index (χ2v) is 4.28. The fourth-order valence-corrected chi connectivity index (χ4v) is 1.62. The zero-order chi connectivity index (χ0) is 13.8. The topological polar surface area (TPSA) is 46.5 Å².